The van der Waals surface area contributed by atoms with Gasteiger partial charge in [-0.05, 0) is 72.7 Å². The zero-order valence-corrected chi connectivity index (χ0v) is 17.0. The topological polar surface area (TPSA) is 82.3 Å². The van der Waals surface area contributed by atoms with E-state index < -0.39 is 6.10 Å². The molecule has 2 aromatic carbocycles. The third-order valence-corrected chi connectivity index (χ3v) is 5.08. The summed E-state index contributed by atoms with van der Waals surface area (Å²) in [6.07, 6.45) is -0.652. The van der Waals surface area contributed by atoms with Gasteiger partial charge in [0.1, 0.15) is 18.1 Å². The number of aliphatic hydroxyl groups is 1. The van der Waals surface area contributed by atoms with Gasteiger partial charge in [-0.3, -0.25) is 0 Å². The standard InChI is InChI=1S/C20H24N4O3S/c1-4-26-17-7-9-18(10-8-17)27-12-16(25)13-28-20-21-22-23-24(20)19-11-14(2)5-6-15(19)3/h5-11,16,25H,4,12-13H2,1-3H3/t16-/m1/s1. The van der Waals surface area contributed by atoms with Crippen molar-refractivity contribution in [1.29, 1.82) is 0 Å². The molecule has 3 aromatic rings. The Morgan fingerprint density at radius 1 is 1.07 bits per heavy atom. The van der Waals surface area contributed by atoms with Crippen LogP contribution in [0.3, 0.4) is 0 Å². The Morgan fingerprint density at radius 2 is 1.79 bits per heavy atom. The van der Waals surface area contributed by atoms with Crippen molar-refractivity contribution in [2.75, 3.05) is 19.0 Å². The van der Waals surface area contributed by atoms with Gasteiger partial charge in [0, 0.05) is 5.75 Å². The summed E-state index contributed by atoms with van der Waals surface area (Å²) in [5.41, 5.74) is 3.16. The average molecular weight is 401 g/mol. The van der Waals surface area contributed by atoms with E-state index in [2.05, 4.69) is 21.6 Å². The van der Waals surface area contributed by atoms with Gasteiger partial charge in [0.05, 0.1) is 18.4 Å². The van der Waals surface area contributed by atoms with Crippen LogP contribution in [0.25, 0.3) is 5.69 Å². The van der Waals surface area contributed by atoms with Crippen LogP contribution in [0.1, 0.15) is 18.1 Å². The maximum atomic E-state index is 10.3. The van der Waals surface area contributed by atoms with E-state index in [0.29, 0.717) is 23.3 Å². The van der Waals surface area contributed by atoms with Crippen molar-refractivity contribution in [1.82, 2.24) is 20.2 Å². The number of hydrogen-bond donors (Lipinski definition) is 1. The largest absolute Gasteiger partial charge is 0.494 e. The van der Waals surface area contributed by atoms with Crippen molar-refractivity contribution in [3.8, 4) is 17.2 Å². The lowest BCUT2D eigenvalue weighted by Gasteiger charge is -2.13. The number of aliphatic hydroxyl groups excluding tert-OH is 1. The van der Waals surface area contributed by atoms with E-state index >= 15 is 0 Å². The zero-order valence-electron chi connectivity index (χ0n) is 16.2. The molecule has 1 N–H and O–H groups in total. The Morgan fingerprint density at radius 3 is 2.50 bits per heavy atom. The molecular weight excluding hydrogens is 376 g/mol. The first-order valence-electron chi connectivity index (χ1n) is 9.09. The molecule has 1 heterocycles. The van der Waals surface area contributed by atoms with Gasteiger partial charge in [0.15, 0.2) is 0 Å². The third-order valence-electron chi connectivity index (χ3n) is 4.02. The minimum Gasteiger partial charge on any atom is -0.494 e. The van der Waals surface area contributed by atoms with Crippen LogP contribution in [0.5, 0.6) is 11.5 Å². The molecule has 8 heteroatoms. The molecule has 1 aromatic heterocycles. The molecule has 0 aliphatic rings. The Bertz CT molecular complexity index is 899. The van der Waals surface area contributed by atoms with E-state index in [-0.39, 0.29) is 6.61 Å². The number of ether oxygens (including phenoxy) is 2. The summed E-state index contributed by atoms with van der Waals surface area (Å²) in [4.78, 5) is 0. The molecule has 0 radical (unpaired) electrons. The summed E-state index contributed by atoms with van der Waals surface area (Å²) in [5, 5.41) is 22.8. The first-order valence-corrected chi connectivity index (χ1v) is 10.1. The fourth-order valence-corrected chi connectivity index (χ4v) is 3.37. The number of hydrogen-bond acceptors (Lipinski definition) is 7. The summed E-state index contributed by atoms with van der Waals surface area (Å²) in [6.45, 7) is 6.80. The van der Waals surface area contributed by atoms with Crippen LogP contribution in [-0.2, 0) is 0 Å². The molecule has 0 fully saturated rings. The molecule has 7 nitrogen and oxygen atoms in total. The highest BCUT2D eigenvalue weighted by Gasteiger charge is 2.14. The third kappa shape index (κ3) is 5.24. The van der Waals surface area contributed by atoms with Crippen LogP contribution in [0.15, 0.2) is 47.6 Å². The molecule has 148 valence electrons. The molecule has 0 saturated carbocycles. The normalized spacial score (nSPS) is 12.0. The molecule has 0 aliphatic heterocycles. The quantitative estimate of drug-likeness (QED) is 0.552. The lowest BCUT2D eigenvalue weighted by atomic mass is 10.1. The molecule has 28 heavy (non-hydrogen) atoms. The molecule has 0 spiro atoms. The van der Waals surface area contributed by atoms with Gasteiger partial charge < -0.3 is 14.6 Å². The second kappa shape index (κ2) is 9.57. The van der Waals surface area contributed by atoms with Crippen molar-refractivity contribution in [2.24, 2.45) is 0 Å². The molecule has 3 rings (SSSR count). The number of aromatic nitrogens is 4. The van der Waals surface area contributed by atoms with Gasteiger partial charge in [-0.15, -0.1) is 5.10 Å². The predicted molar refractivity (Wildman–Crippen MR) is 108 cm³/mol. The van der Waals surface area contributed by atoms with Crippen molar-refractivity contribution in [3.63, 3.8) is 0 Å². The van der Waals surface area contributed by atoms with Gasteiger partial charge in [-0.2, -0.15) is 4.68 Å². The van der Waals surface area contributed by atoms with Crippen LogP contribution in [0, 0.1) is 13.8 Å². The van der Waals surface area contributed by atoms with Crippen molar-refractivity contribution in [2.45, 2.75) is 32.0 Å². The summed E-state index contributed by atoms with van der Waals surface area (Å²) in [7, 11) is 0. The Kier molecular flexibility index (Phi) is 6.89. The van der Waals surface area contributed by atoms with Crippen LogP contribution in [-0.4, -0.2) is 50.4 Å². The van der Waals surface area contributed by atoms with Gasteiger partial charge in [0.2, 0.25) is 5.16 Å². The minimum absolute atomic E-state index is 0.187. The van der Waals surface area contributed by atoms with E-state index in [1.54, 1.807) is 4.68 Å². The number of nitrogens with zero attached hydrogens (tertiary/aromatic N) is 4. The highest BCUT2D eigenvalue weighted by Crippen LogP contribution is 2.23. The summed E-state index contributed by atoms with van der Waals surface area (Å²) in [6, 6.07) is 13.5. The van der Waals surface area contributed by atoms with Crippen LogP contribution >= 0.6 is 11.8 Å². The van der Waals surface area contributed by atoms with Crippen LogP contribution in [0.4, 0.5) is 0 Å². The second-order valence-electron chi connectivity index (χ2n) is 6.34. The summed E-state index contributed by atoms with van der Waals surface area (Å²) < 4.78 is 12.7. The van der Waals surface area contributed by atoms with Gasteiger partial charge in [0.25, 0.3) is 0 Å². The first-order chi connectivity index (χ1) is 13.6. The van der Waals surface area contributed by atoms with E-state index in [1.165, 1.54) is 11.8 Å². The van der Waals surface area contributed by atoms with Crippen LogP contribution < -0.4 is 9.47 Å². The number of rotatable bonds is 9. The molecular formula is C20H24N4O3S. The van der Waals surface area contributed by atoms with E-state index in [9.17, 15) is 5.11 Å². The number of tetrazole rings is 1. The summed E-state index contributed by atoms with van der Waals surface area (Å²) in [5.74, 6) is 1.90. The fraction of sp³-hybridized carbons (Fsp3) is 0.350. The van der Waals surface area contributed by atoms with Crippen molar-refractivity contribution >= 4 is 11.8 Å². The highest BCUT2D eigenvalue weighted by atomic mass is 32.2. The maximum absolute atomic E-state index is 10.3. The monoisotopic (exact) mass is 400 g/mol. The molecule has 0 saturated heterocycles. The smallest absolute Gasteiger partial charge is 0.214 e. The maximum Gasteiger partial charge on any atom is 0.214 e. The van der Waals surface area contributed by atoms with E-state index in [4.69, 9.17) is 9.47 Å². The van der Waals surface area contributed by atoms with Gasteiger partial charge >= 0.3 is 0 Å². The number of benzene rings is 2. The lowest BCUT2D eigenvalue weighted by Crippen LogP contribution is -2.20. The Labute approximate surface area is 168 Å². The average Bonchev–Trinajstić information content (AvgIpc) is 3.16. The van der Waals surface area contributed by atoms with E-state index in [1.807, 2.05) is 57.2 Å². The van der Waals surface area contributed by atoms with Crippen LogP contribution in [0.2, 0.25) is 0 Å². The molecule has 0 amide bonds. The zero-order chi connectivity index (χ0) is 19.9. The second-order valence-corrected chi connectivity index (χ2v) is 7.33. The molecule has 1 atom stereocenters. The first kappa shape index (κ1) is 20.2. The highest BCUT2D eigenvalue weighted by molar-refractivity contribution is 7.99. The number of aryl methyl sites for hydroxylation is 2. The lowest BCUT2D eigenvalue weighted by molar-refractivity contribution is 0.126. The Hall–Kier alpha value is -2.58. The molecule has 0 bridgehead atoms. The fourth-order valence-electron chi connectivity index (χ4n) is 2.58. The molecule has 0 aliphatic carbocycles. The summed E-state index contributed by atoms with van der Waals surface area (Å²) >= 11 is 1.39. The number of thioether (sulfide) groups is 1. The van der Waals surface area contributed by atoms with Crippen molar-refractivity contribution in [3.05, 3.63) is 53.6 Å². The van der Waals surface area contributed by atoms with E-state index in [0.717, 1.165) is 22.6 Å². The van der Waals surface area contributed by atoms with Crippen molar-refractivity contribution < 1.29 is 14.6 Å². The van der Waals surface area contributed by atoms with Gasteiger partial charge in [-0.25, -0.2) is 0 Å². The predicted octanol–water partition coefficient (Wildman–Crippen LogP) is 3.21. The minimum atomic E-state index is -0.652. The van der Waals surface area contributed by atoms with Gasteiger partial charge in [-0.1, -0.05) is 23.9 Å². The SMILES string of the molecule is CCOc1ccc(OC[C@@H](O)CSc2nnnn2-c2cc(C)ccc2C)cc1. The molecule has 0 unspecified atom stereocenters. The Balaban J connectivity index is 1.55.